The second-order valence-electron chi connectivity index (χ2n) is 7.77. The van der Waals surface area contributed by atoms with Gasteiger partial charge in [-0.3, -0.25) is 9.69 Å². The summed E-state index contributed by atoms with van der Waals surface area (Å²) in [6.07, 6.45) is 6.88. The van der Waals surface area contributed by atoms with Gasteiger partial charge in [0, 0.05) is 24.5 Å². The van der Waals surface area contributed by atoms with Crippen molar-refractivity contribution in [2.24, 2.45) is 0 Å². The highest BCUT2D eigenvalue weighted by molar-refractivity contribution is 7.10. The Morgan fingerprint density at radius 2 is 2.21 bits per heavy atom. The van der Waals surface area contributed by atoms with Crippen molar-refractivity contribution in [3.63, 3.8) is 0 Å². The van der Waals surface area contributed by atoms with Crippen LogP contribution >= 0.6 is 11.3 Å². The van der Waals surface area contributed by atoms with Gasteiger partial charge in [-0.15, -0.1) is 24.3 Å². The van der Waals surface area contributed by atoms with Crippen molar-refractivity contribution in [2.75, 3.05) is 46.0 Å². The highest BCUT2D eigenvalue weighted by Gasteiger charge is 2.33. The van der Waals surface area contributed by atoms with Crippen LogP contribution in [0.3, 0.4) is 0 Å². The quantitative estimate of drug-likeness (QED) is 0.292. The van der Waals surface area contributed by atoms with E-state index < -0.39 is 6.10 Å². The molecular weight excluding hydrogens is 443 g/mol. The van der Waals surface area contributed by atoms with Crippen molar-refractivity contribution < 1.29 is 23.8 Å². The minimum Gasteiger partial charge on any atom is -0.491 e. The van der Waals surface area contributed by atoms with Crippen molar-refractivity contribution >= 4 is 17.2 Å². The Hall–Kier alpha value is -2.70. The largest absolute Gasteiger partial charge is 0.491 e. The fourth-order valence-electron chi connectivity index (χ4n) is 3.85. The Kier molecular flexibility index (Phi) is 9.46. The number of ether oxygens (including phenoxy) is 2. The van der Waals surface area contributed by atoms with E-state index in [1.54, 1.807) is 29.5 Å². The van der Waals surface area contributed by atoms with Crippen molar-refractivity contribution in [3.05, 3.63) is 64.6 Å². The van der Waals surface area contributed by atoms with Crippen LogP contribution in [0.5, 0.6) is 5.75 Å². The van der Waals surface area contributed by atoms with Gasteiger partial charge in [-0.1, -0.05) is 12.0 Å². The molecule has 0 saturated heterocycles. The van der Waals surface area contributed by atoms with Gasteiger partial charge in [0.05, 0.1) is 25.3 Å². The van der Waals surface area contributed by atoms with E-state index in [1.165, 1.54) is 17.0 Å². The maximum atomic E-state index is 13.3. The maximum Gasteiger partial charge on any atom is 0.237 e. The molecule has 2 aromatic rings. The lowest BCUT2D eigenvalue weighted by Gasteiger charge is -2.37. The third-order valence-electron chi connectivity index (χ3n) is 5.35. The summed E-state index contributed by atoms with van der Waals surface area (Å²) in [7, 11) is 0. The molecule has 1 aliphatic rings. The van der Waals surface area contributed by atoms with Gasteiger partial charge in [0.25, 0.3) is 0 Å². The van der Waals surface area contributed by atoms with Crippen LogP contribution in [-0.4, -0.2) is 72.9 Å². The van der Waals surface area contributed by atoms with Gasteiger partial charge in [0.15, 0.2) is 0 Å². The Bertz CT molecular complexity index is 956. The minimum absolute atomic E-state index is 0.0573. The molecule has 1 aromatic heterocycles. The van der Waals surface area contributed by atoms with Crippen LogP contribution in [-0.2, 0) is 16.0 Å². The second-order valence-corrected chi connectivity index (χ2v) is 8.77. The molecule has 1 aliphatic heterocycles. The fraction of sp³-hybridized carbons (Fsp3) is 0.400. The molecule has 0 fully saturated rings. The molecular formula is C25H29FN2O4S. The topological polar surface area (TPSA) is 62.2 Å². The van der Waals surface area contributed by atoms with Gasteiger partial charge in [0.1, 0.15) is 24.8 Å². The first-order valence-electron chi connectivity index (χ1n) is 10.8. The summed E-state index contributed by atoms with van der Waals surface area (Å²) in [6.45, 7) is 5.68. The molecule has 33 heavy (non-hydrogen) atoms. The van der Waals surface area contributed by atoms with Crippen molar-refractivity contribution in [3.8, 4) is 18.1 Å². The molecule has 6 nitrogen and oxygen atoms in total. The van der Waals surface area contributed by atoms with E-state index in [-0.39, 0.29) is 50.7 Å². The number of fused-ring (bicyclic) bond motifs is 1. The van der Waals surface area contributed by atoms with E-state index in [0.29, 0.717) is 18.8 Å². The summed E-state index contributed by atoms with van der Waals surface area (Å²) in [5.41, 5.74) is 1.08. The number of terminal acetylenes is 1. The first kappa shape index (κ1) is 24.9. The number of hydrogen-bond acceptors (Lipinski definition) is 6. The highest BCUT2D eigenvalue weighted by atomic mass is 32.1. The van der Waals surface area contributed by atoms with Crippen molar-refractivity contribution in [1.82, 2.24) is 9.80 Å². The number of aliphatic hydroxyl groups excluding tert-OH is 1. The Balaban J connectivity index is 1.67. The minimum atomic E-state index is -0.770. The van der Waals surface area contributed by atoms with Gasteiger partial charge >= 0.3 is 0 Å². The normalized spacial score (nSPS) is 16.2. The smallest absolute Gasteiger partial charge is 0.237 e. The van der Waals surface area contributed by atoms with Gasteiger partial charge in [-0.05, 0) is 47.7 Å². The number of thiophene rings is 1. The van der Waals surface area contributed by atoms with Crippen LogP contribution < -0.4 is 4.74 Å². The summed E-state index contributed by atoms with van der Waals surface area (Å²) in [5, 5.41) is 12.3. The van der Waals surface area contributed by atoms with Gasteiger partial charge in [0.2, 0.25) is 5.91 Å². The lowest BCUT2D eigenvalue weighted by atomic mass is 10.0. The molecule has 0 spiro atoms. The lowest BCUT2D eigenvalue weighted by Crippen LogP contribution is -2.48. The molecule has 1 N–H and O–H groups in total. The molecule has 1 aromatic carbocycles. The third kappa shape index (κ3) is 7.14. The maximum absolute atomic E-state index is 13.3. The number of carbonyl (C=O) groups excluding carboxylic acids is 1. The predicted octanol–water partition coefficient (Wildman–Crippen LogP) is 2.89. The summed E-state index contributed by atoms with van der Waals surface area (Å²) in [5.74, 6) is 2.53. The van der Waals surface area contributed by atoms with Gasteiger partial charge in [-0.25, -0.2) is 4.39 Å². The fourth-order valence-corrected chi connectivity index (χ4v) is 4.78. The number of carbonyl (C=O) groups is 1. The number of halogens is 1. The van der Waals surface area contributed by atoms with Crippen LogP contribution in [0.2, 0.25) is 0 Å². The number of rotatable bonds is 12. The zero-order valence-corrected chi connectivity index (χ0v) is 19.3. The number of hydrogen-bond donors (Lipinski definition) is 1. The van der Waals surface area contributed by atoms with Crippen LogP contribution in [0.4, 0.5) is 4.39 Å². The Morgan fingerprint density at radius 3 is 2.94 bits per heavy atom. The Morgan fingerprint density at radius 1 is 1.42 bits per heavy atom. The summed E-state index contributed by atoms with van der Waals surface area (Å²) < 4.78 is 24.3. The number of nitrogens with zero attached hydrogens (tertiary/aromatic N) is 2. The van der Waals surface area contributed by atoms with E-state index in [2.05, 4.69) is 12.5 Å². The molecule has 2 atom stereocenters. The first-order valence-corrected chi connectivity index (χ1v) is 11.7. The summed E-state index contributed by atoms with van der Waals surface area (Å²) in [6, 6.07) is 7.64. The lowest BCUT2D eigenvalue weighted by molar-refractivity contribution is -0.136. The molecule has 176 valence electrons. The average molecular weight is 473 g/mol. The Labute approximate surface area is 198 Å². The molecule has 0 radical (unpaired) electrons. The van der Waals surface area contributed by atoms with E-state index in [0.717, 1.165) is 12.0 Å². The number of amides is 1. The third-order valence-corrected chi connectivity index (χ3v) is 6.34. The molecule has 1 amide bonds. The molecule has 0 aliphatic carbocycles. The van der Waals surface area contributed by atoms with Crippen LogP contribution in [0.15, 0.2) is 48.4 Å². The number of benzene rings is 1. The van der Waals surface area contributed by atoms with Crippen LogP contribution in [0, 0.1) is 18.2 Å². The van der Waals surface area contributed by atoms with Crippen LogP contribution in [0.25, 0.3) is 0 Å². The molecule has 0 unspecified atom stereocenters. The van der Waals surface area contributed by atoms with Crippen molar-refractivity contribution in [1.29, 1.82) is 0 Å². The molecule has 0 saturated carbocycles. The van der Waals surface area contributed by atoms with E-state index in [9.17, 15) is 14.3 Å². The van der Waals surface area contributed by atoms with E-state index in [4.69, 9.17) is 15.9 Å². The van der Waals surface area contributed by atoms with Crippen molar-refractivity contribution in [2.45, 2.75) is 18.6 Å². The summed E-state index contributed by atoms with van der Waals surface area (Å²) in [4.78, 5) is 18.2. The average Bonchev–Trinajstić information content (AvgIpc) is 3.28. The highest BCUT2D eigenvalue weighted by Crippen LogP contribution is 2.34. The molecule has 3 rings (SSSR count). The van der Waals surface area contributed by atoms with E-state index >= 15 is 0 Å². The first-order chi connectivity index (χ1) is 16.0. The van der Waals surface area contributed by atoms with Gasteiger partial charge < -0.3 is 19.5 Å². The monoisotopic (exact) mass is 472 g/mol. The van der Waals surface area contributed by atoms with Crippen LogP contribution in [0.1, 0.15) is 16.5 Å². The zero-order chi connectivity index (χ0) is 23.6. The molecule has 0 bridgehead atoms. The van der Waals surface area contributed by atoms with E-state index in [1.807, 2.05) is 21.2 Å². The standard InChI is InChI=1S/C25H29FN2O4S/c1-3-11-27(15-20(29)17-31-13-4-2)16-25(30)28-12-9-24-22(10-14-33-24)23(28)18-32-21-7-5-19(26)6-8-21/h2-3,5-8,10,14,20,23,29H,1,9,11-13,15-18H2/t20-,23-/m1/s1. The summed E-state index contributed by atoms with van der Waals surface area (Å²) >= 11 is 1.68. The molecule has 8 heteroatoms. The van der Waals surface area contributed by atoms with Gasteiger partial charge in [-0.2, -0.15) is 0 Å². The predicted molar refractivity (Wildman–Crippen MR) is 127 cm³/mol. The zero-order valence-electron chi connectivity index (χ0n) is 18.5. The number of aliphatic hydroxyl groups is 1. The SMILES string of the molecule is C#CCOC[C@H](O)CN(CC=C)CC(=O)N1CCc2sccc2[C@H]1COc1ccc(F)cc1. The second kappa shape index (κ2) is 12.5. The molecule has 2 heterocycles.